The molecule has 1 aliphatic heterocycles. The molecule has 2 N–H and O–H groups in total. The number of morpholine rings is 1. The van der Waals surface area contributed by atoms with E-state index in [-0.39, 0.29) is 30.2 Å². The molecule has 1 fully saturated rings. The molecule has 0 unspecified atom stereocenters. The molecular formula is C13H17ClF2N2O3. The van der Waals surface area contributed by atoms with Gasteiger partial charge < -0.3 is 20.1 Å². The third kappa shape index (κ3) is 5.11. The predicted octanol–water partition coefficient (Wildman–Crippen LogP) is 2.03. The van der Waals surface area contributed by atoms with Crippen molar-refractivity contribution in [3.63, 3.8) is 0 Å². The van der Waals surface area contributed by atoms with Crippen LogP contribution in [0.4, 0.5) is 14.5 Å². The van der Waals surface area contributed by atoms with Crippen molar-refractivity contribution in [1.29, 1.82) is 0 Å². The first-order valence-corrected chi connectivity index (χ1v) is 6.27. The Kier molecular flexibility index (Phi) is 6.80. The minimum Gasteiger partial charge on any atom is -0.435 e. The highest BCUT2D eigenvalue weighted by Crippen LogP contribution is 2.19. The van der Waals surface area contributed by atoms with Gasteiger partial charge in [-0.3, -0.25) is 4.79 Å². The summed E-state index contributed by atoms with van der Waals surface area (Å²) in [5.41, 5.74) is 0.396. The number of alkyl halides is 2. The highest BCUT2D eigenvalue weighted by molar-refractivity contribution is 5.95. The van der Waals surface area contributed by atoms with Crippen LogP contribution >= 0.6 is 12.4 Å². The molecule has 1 amide bonds. The van der Waals surface area contributed by atoms with Crippen LogP contribution in [-0.4, -0.2) is 37.8 Å². The highest BCUT2D eigenvalue weighted by Gasteiger charge is 2.28. The van der Waals surface area contributed by atoms with Crippen LogP contribution in [0.15, 0.2) is 24.3 Å². The van der Waals surface area contributed by atoms with Crippen LogP contribution in [0.5, 0.6) is 5.75 Å². The number of nitrogens with one attached hydrogen (secondary N) is 2. The van der Waals surface area contributed by atoms with Gasteiger partial charge in [0.1, 0.15) is 11.8 Å². The van der Waals surface area contributed by atoms with Gasteiger partial charge in [-0.05, 0) is 19.1 Å². The SMILES string of the molecule is C[C@H]1OCCN[C@@H]1C(=O)Nc1cccc(OC(F)F)c1.Cl. The Morgan fingerprint density at radius 1 is 1.52 bits per heavy atom. The summed E-state index contributed by atoms with van der Waals surface area (Å²) in [5, 5.41) is 5.70. The quantitative estimate of drug-likeness (QED) is 0.890. The van der Waals surface area contributed by atoms with Crippen LogP contribution in [0.25, 0.3) is 0 Å². The summed E-state index contributed by atoms with van der Waals surface area (Å²) in [4.78, 5) is 12.1. The van der Waals surface area contributed by atoms with Crippen LogP contribution in [0, 0.1) is 0 Å². The Balaban J connectivity index is 0.00000220. The molecule has 1 saturated heterocycles. The Morgan fingerprint density at radius 3 is 2.95 bits per heavy atom. The number of ether oxygens (including phenoxy) is 2. The smallest absolute Gasteiger partial charge is 0.387 e. The van der Waals surface area contributed by atoms with Gasteiger partial charge in [-0.1, -0.05) is 6.07 Å². The summed E-state index contributed by atoms with van der Waals surface area (Å²) in [6.45, 7) is 0.0567. The molecule has 0 aromatic heterocycles. The molecular weight excluding hydrogens is 306 g/mol. The van der Waals surface area contributed by atoms with E-state index < -0.39 is 12.7 Å². The summed E-state index contributed by atoms with van der Waals surface area (Å²) in [5.74, 6) is -0.273. The van der Waals surface area contributed by atoms with Crippen LogP contribution in [0.3, 0.4) is 0 Å². The van der Waals surface area contributed by atoms with Gasteiger partial charge in [0.2, 0.25) is 5.91 Å². The van der Waals surface area contributed by atoms with Gasteiger partial charge in [0.05, 0.1) is 12.7 Å². The topological polar surface area (TPSA) is 59.6 Å². The summed E-state index contributed by atoms with van der Waals surface area (Å²) in [6.07, 6.45) is -0.246. The van der Waals surface area contributed by atoms with Crippen LogP contribution in [-0.2, 0) is 9.53 Å². The fraction of sp³-hybridized carbons (Fsp3) is 0.462. The van der Waals surface area contributed by atoms with Gasteiger partial charge >= 0.3 is 6.61 Å². The molecule has 1 aromatic carbocycles. The summed E-state index contributed by atoms with van der Waals surface area (Å²) in [6, 6.07) is 5.40. The number of anilines is 1. The van der Waals surface area contributed by atoms with Gasteiger partial charge in [-0.2, -0.15) is 8.78 Å². The van der Waals surface area contributed by atoms with Crippen molar-refractivity contribution in [2.45, 2.75) is 25.7 Å². The molecule has 118 valence electrons. The molecule has 5 nitrogen and oxygen atoms in total. The minimum absolute atomic E-state index is 0. The van der Waals surface area contributed by atoms with E-state index in [9.17, 15) is 13.6 Å². The third-order valence-electron chi connectivity index (χ3n) is 2.93. The maximum absolute atomic E-state index is 12.1. The van der Waals surface area contributed by atoms with Gasteiger partial charge in [-0.15, -0.1) is 12.4 Å². The zero-order valence-electron chi connectivity index (χ0n) is 11.3. The minimum atomic E-state index is -2.89. The largest absolute Gasteiger partial charge is 0.435 e. The lowest BCUT2D eigenvalue weighted by Gasteiger charge is -2.29. The molecule has 2 rings (SSSR count). The van der Waals surface area contributed by atoms with Gasteiger partial charge in [-0.25, -0.2) is 0 Å². The molecule has 0 saturated carbocycles. The van der Waals surface area contributed by atoms with Crippen LogP contribution < -0.4 is 15.4 Å². The zero-order chi connectivity index (χ0) is 14.5. The molecule has 2 atom stereocenters. The van der Waals surface area contributed by atoms with Crippen molar-refractivity contribution >= 4 is 24.0 Å². The Hall–Kier alpha value is -1.44. The van der Waals surface area contributed by atoms with Gasteiger partial charge in [0.25, 0.3) is 0 Å². The number of rotatable bonds is 4. The molecule has 8 heteroatoms. The van der Waals surface area contributed by atoms with E-state index >= 15 is 0 Å². The van der Waals surface area contributed by atoms with Crippen LogP contribution in [0.2, 0.25) is 0 Å². The number of hydrogen-bond acceptors (Lipinski definition) is 4. The van der Waals surface area contributed by atoms with Crippen molar-refractivity contribution in [3.05, 3.63) is 24.3 Å². The highest BCUT2D eigenvalue weighted by atomic mass is 35.5. The standard InChI is InChI=1S/C13H16F2N2O3.ClH/c1-8-11(16-5-6-19-8)12(18)17-9-3-2-4-10(7-9)20-13(14)15;/h2-4,7-8,11,13,16H,5-6H2,1H3,(H,17,18);1H/t8-,11+;/m1./s1. The number of halogens is 3. The maximum Gasteiger partial charge on any atom is 0.387 e. The normalized spacial score (nSPS) is 21.5. The molecule has 1 aromatic rings. The summed E-state index contributed by atoms with van der Waals surface area (Å²) < 4.78 is 33.9. The number of amides is 1. The maximum atomic E-state index is 12.1. The lowest BCUT2D eigenvalue weighted by Crippen LogP contribution is -2.53. The van der Waals surface area contributed by atoms with Crippen molar-refractivity contribution in [3.8, 4) is 5.75 Å². The number of hydrogen-bond donors (Lipinski definition) is 2. The number of carbonyl (C=O) groups is 1. The second kappa shape index (κ2) is 8.11. The van der Waals surface area contributed by atoms with E-state index in [0.29, 0.717) is 18.8 Å². The van der Waals surface area contributed by atoms with E-state index in [1.165, 1.54) is 18.2 Å². The second-order valence-corrected chi connectivity index (χ2v) is 4.40. The first-order valence-electron chi connectivity index (χ1n) is 6.27. The Morgan fingerprint density at radius 2 is 2.29 bits per heavy atom. The third-order valence-corrected chi connectivity index (χ3v) is 2.93. The molecule has 0 spiro atoms. The predicted molar refractivity (Wildman–Crippen MR) is 76.2 cm³/mol. The van der Waals surface area contributed by atoms with E-state index in [4.69, 9.17) is 4.74 Å². The Bertz CT molecular complexity index is 476. The molecule has 21 heavy (non-hydrogen) atoms. The van der Waals surface area contributed by atoms with Crippen molar-refractivity contribution in [2.75, 3.05) is 18.5 Å². The van der Waals surface area contributed by atoms with E-state index in [2.05, 4.69) is 15.4 Å². The van der Waals surface area contributed by atoms with Gasteiger partial charge in [0.15, 0.2) is 0 Å². The average molecular weight is 323 g/mol. The lowest BCUT2D eigenvalue weighted by molar-refractivity contribution is -0.123. The van der Waals surface area contributed by atoms with Crippen molar-refractivity contribution in [1.82, 2.24) is 5.32 Å². The number of carbonyl (C=O) groups excluding carboxylic acids is 1. The zero-order valence-corrected chi connectivity index (χ0v) is 12.2. The Labute approximate surface area is 127 Å². The second-order valence-electron chi connectivity index (χ2n) is 4.40. The van der Waals surface area contributed by atoms with Crippen LogP contribution in [0.1, 0.15) is 6.92 Å². The van der Waals surface area contributed by atoms with Crippen molar-refractivity contribution in [2.24, 2.45) is 0 Å². The fourth-order valence-corrected chi connectivity index (χ4v) is 2.00. The summed E-state index contributed by atoms with van der Waals surface area (Å²) in [7, 11) is 0. The fourth-order valence-electron chi connectivity index (χ4n) is 2.00. The molecule has 0 radical (unpaired) electrons. The molecule has 0 aliphatic carbocycles. The monoisotopic (exact) mass is 322 g/mol. The van der Waals surface area contributed by atoms with E-state index in [1.54, 1.807) is 13.0 Å². The first kappa shape index (κ1) is 17.6. The van der Waals surface area contributed by atoms with E-state index in [0.717, 1.165) is 0 Å². The molecule has 1 heterocycles. The first-order chi connectivity index (χ1) is 9.56. The van der Waals surface area contributed by atoms with Gasteiger partial charge in [0, 0.05) is 18.3 Å². The molecule has 0 bridgehead atoms. The summed E-state index contributed by atoms with van der Waals surface area (Å²) >= 11 is 0. The average Bonchev–Trinajstić information content (AvgIpc) is 2.38. The number of benzene rings is 1. The lowest BCUT2D eigenvalue weighted by atomic mass is 10.1. The molecule has 1 aliphatic rings. The van der Waals surface area contributed by atoms with E-state index in [1.807, 2.05) is 0 Å². The van der Waals surface area contributed by atoms with Crippen molar-refractivity contribution < 1.29 is 23.0 Å².